The summed E-state index contributed by atoms with van der Waals surface area (Å²) >= 11 is 0. The highest BCUT2D eigenvalue weighted by molar-refractivity contribution is 5.79. The van der Waals surface area contributed by atoms with Gasteiger partial charge in [0.1, 0.15) is 11.5 Å². The summed E-state index contributed by atoms with van der Waals surface area (Å²) in [5.41, 5.74) is 1.61. The molecule has 3 aromatic rings. The number of methoxy groups -OCH3 is 4. The summed E-state index contributed by atoms with van der Waals surface area (Å²) in [7, 11) is 6.36. The average molecular weight is 439 g/mol. The third-order valence-electron chi connectivity index (χ3n) is 5.50. The van der Waals surface area contributed by atoms with Gasteiger partial charge >= 0.3 is 0 Å². The van der Waals surface area contributed by atoms with E-state index in [2.05, 4.69) is 10.1 Å². The van der Waals surface area contributed by atoms with E-state index in [-0.39, 0.29) is 11.8 Å². The van der Waals surface area contributed by atoms with Crippen molar-refractivity contribution in [3.8, 4) is 34.4 Å². The molecule has 1 unspecified atom stereocenters. The van der Waals surface area contributed by atoms with Crippen LogP contribution in [0.15, 0.2) is 40.9 Å². The molecule has 2 aromatic carbocycles. The zero-order chi connectivity index (χ0) is 22.7. The average Bonchev–Trinajstić information content (AvgIpc) is 3.45. The molecule has 0 saturated carbocycles. The van der Waals surface area contributed by atoms with Crippen LogP contribution in [0.1, 0.15) is 23.8 Å². The summed E-state index contributed by atoms with van der Waals surface area (Å²) < 4.78 is 26.9. The number of hydrogen-bond donors (Lipinski definition) is 0. The molecule has 32 heavy (non-hydrogen) atoms. The van der Waals surface area contributed by atoms with Crippen LogP contribution in [0.4, 0.5) is 0 Å². The zero-order valence-corrected chi connectivity index (χ0v) is 18.5. The van der Waals surface area contributed by atoms with E-state index in [9.17, 15) is 4.79 Å². The second-order valence-electron chi connectivity index (χ2n) is 7.38. The fourth-order valence-corrected chi connectivity index (χ4v) is 3.80. The third-order valence-corrected chi connectivity index (χ3v) is 5.50. The minimum Gasteiger partial charge on any atom is -0.497 e. The zero-order valence-electron chi connectivity index (χ0n) is 18.5. The number of ether oxygens (including phenoxy) is 4. The lowest BCUT2D eigenvalue weighted by Crippen LogP contribution is -2.24. The van der Waals surface area contributed by atoms with Crippen LogP contribution in [0.25, 0.3) is 11.4 Å². The molecule has 0 aliphatic carbocycles. The standard InChI is InChI=1S/C23H25N3O6/c1-28-17-6-8-18(29-2)15(9-17)12-26-13-16(11-21(26)27)23-24-22(25-32-23)14-5-7-19(30-3)20(10-14)31-4/h5-10,16H,11-13H2,1-4H3. The van der Waals surface area contributed by atoms with Crippen molar-refractivity contribution in [2.24, 2.45) is 0 Å². The fourth-order valence-electron chi connectivity index (χ4n) is 3.80. The second-order valence-corrected chi connectivity index (χ2v) is 7.38. The van der Waals surface area contributed by atoms with Gasteiger partial charge in [0, 0.05) is 30.6 Å². The minimum absolute atomic E-state index is 0.0192. The Kier molecular flexibility index (Phi) is 6.16. The van der Waals surface area contributed by atoms with Crippen molar-refractivity contribution >= 4 is 5.91 Å². The molecular weight excluding hydrogens is 414 g/mol. The van der Waals surface area contributed by atoms with Crippen LogP contribution in [0.3, 0.4) is 0 Å². The number of carbonyl (C=O) groups excluding carboxylic acids is 1. The van der Waals surface area contributed by atoms with Crippen molar-refractivity contribution in [1.82, 2.24) is 15.0 Å². The van der Waals surface area contributed by atoms with Crippen LogP contribution in [0.2, 0.25) is 0 Å². The molecule has 168 valence electrons. The Bertz CT molecular complexity index is 1110. The summed E-state index contributed by atoms with van der Waals surface area (Å²) in [5, 5.41) is 4.10. The maximum absolute atomic E-state index is 12.7. The van der Waals surface area contributed by atoms with Crippen molar-refractivity contribution in [2.45, 2.75) is 18.9 Å². The van der Waals surface area contributed by atoms with E-state index in [1.165, 1.54) is 0 Å². The largest absolute Gasteiger partial charge is 0.497 e. The number of hydrogen-bond acceptors (Lipinski definition) is 8. The highest BCUT2D eigenvalue weighted by atomic mass is 16.5. The summed E-state index contributed by atoms with van der Waals surface area (Å²) in [5.74, 6) is 3.31. The highest BCUT2D eigenvalue weighted by Gasteiger charge is 2.35. The first-order chi connectivity index (χ1) is 15.6. The summed E-state index contributed by atoms with van der Waals surface area (Å²) in [6.45, 7) is 0.888. The molecule has 1 fully saturated rings. The van der Waals surface area contributed by atoms with Gasteiger partial charge in [0.15, 0.2) is 11.5 Å². The Morgan fingerprint density at radius 3 is 2.44 bits per heavy atom. The SMILES string of the molecule is COc1ccc(OC)c(CN2CC(c3nc(-c4ccc(OC)c(OC)c4)no3)CC2=O)c1. The molecule has 1 amide bonds. The number of nitrogens with zero attached hydrogens (tertiary/aromatic N) is 3. The lowest BCUT2D eigenvalue weighted by molar-refractivity contribution is -0.128. The minimum atomic E-state index is -0.180. The van der Waals surface area contributed by atoms with Gasteiger partial charge in [-0.05, 0) is 36.4 Å². The van der Waals surface area contributed by atoms with Crippen LogP contribution >= 0.6 is 0 Å². The first-order valence-corrected chi connectivity index (χ1v) is 10.1. The number of likely N-dealkylation sites (tertiary alicyclic amines) is 1. The number of carbonyl (C=O) groups is 1. The predicted molar refractivity (Wildman–Crippen MR) is 115 cm³/mol. The van der Waals surface area contributed by atoms with Crippen LogP contribution in [-0.4, -0.2) is 55.9 Å². The third kappa shape index (κ3) is 4.18. The molecule has 1 aliphatic heterocycles. The van der Waals surface area contributed by atoms with Gasteiger partial charge in [-0.3, -0.25) is 4.79 Å². The van der Waals surface area contributed by atoms with Gasteiger partial charge in [-0.15, -0.1) is 0 Å². The Balaban J connectivity index is 1.50. The Hall–Kier alpha value is -3.75. The molecule has 9 nitrogen and oxygen atoms in total. The lowest BCUT2D eigenvalue weighted by atomic mass is 10.1. The summed E-state index contributed by atoms with van der Waals surface area (Å²) in [4.78, 5) is 19.0. The highest BCUT2D eigenvalue weighted by Crippen LogP contribution is 2.34. The van der Waals surface area contributed by atoms with E-state index >= 15 is 0 Å². The van der Waals surface area contributed by atoms with E-state index in [0.29, 0.717) is 54.2 Å². The van der Waals surface area contributed by atoms with Gasteiger partial charge in [-0.2, -0.15) is 4.98 Å². The molecule has 1 aliphatic rings. The molecule has 9 heteroatoms. The van der Waals surface area contributed by atoms with Crippen molar-refractivity contribution in [2.75, 3.05) is 35.0 Å². The molecule has 0 N–H and O–H groups in total. The van der Waals surface area contributed by atoms with Gasteiger partial charge in [-0.1, -0.05) is 5.16 Å². The van der Waals surface area contributed by atoms with Crippen LogP contribution < -0.4 is 18.9 Å². The molecule has 1 atom stereocenters. The van der Waals surface area contributed by atoms with Gasteiger partial charge < -0.3 is 28.4 Å². The van der Waals surface area contributed by atoms with E-state index < -0.39 is 0 Å². The van der Waals surface area contributed by atoms with Gasteiger partial charge in [0.2, 0.25) is 17.6 Å². The molecule has 0 spiro atoms. The fraction of sp³-hybridized carbons (Fsp3) is 0.348. The van der Waals surface area contributed by atoms with Gasteiger partial charge in [-0.25, -0.2) is 0 Å². The van der Waals surface area contributed by atoms with Crippen LogP contribution in [0, 0.1) is 0 Å². The van der Waals surface area contributed by atoms with E-state index in [1.54, 1.807) is 45.5 Å². The van der Waals surface area contributed by atoms with E-state index in [0.717, 1.165) is 11.1 Å². The van der Waals surface area contributed by atoms with E-state index in [1.807, 2.05) is 24.3 Å². The number of aromatic nitrogens is 2. The topological polar surface area (TPSA) is 96.2 Å². The quantitative estimate of drug-likeness (QED) is 0.528. The number of amides is 1. The first kappa shape index (κ1) is 21.5. The Labute approximate surface area is 185 Å². The maximum atomic E-state index is 12.7. The number of benzene rings is 2. The first-order valence-electron chi connectivity index (χ1n) is 10.1. The smallest absolute Gasteiger partial charge is 0.232 e. The molecule has 0 bridgehead atoms. The normalized spacial score (nSPS) is 15.7. The molecular formula is C23H25N3O6. The second kappa shape index (κ2) is 9.17. The van der Waals surface area contributed by atoms with E-state index in [4.69, 9.17) is 23.5 Å². The van der Waals surface area contributed by atoms with Gasteiger partial charge in [0.05, 0.1) is 34.4 Å². The summed E-state index contributed by atoms with van der Waals surface area (Å²) in [6.07, 6.45) is 0.305. The van der Waals surface area contributed by atoms with Crippen LogP contribution in [0.5, 0.6) is 23.0 Å². The molecule has 4 rings (SSSR count). The predicted octanol–water partition coefficient (Wildman–Crippen LogP) is 3.29. The maximum Gasteiger partial charge on any atom is 0.232 e. The van der Waals surface area contributed by atoms with Gasteiger partial charge in [0.25, 0.3) is 0 Å². The van der Waals surface area contributed by atoms with Crippen molar-refractivity contribution in [3.63, 3.8) is 0 Å². The van der Waals surface area contributed by atoms with Crippen molar-refractivity contribution in [3.05, 3.63) is 47.9 Å². The summed E-state index contributed by atoms with van der Waals surface area (Å²) in [6, 6.07) is 10.9. The Morgan fingerprint density at radius 2 is 1.72 bits per heavy atom. The molecule has 2 heterocycles. The van der Waals surface area contributed by atoms with Crippen molar-refractivity contribution < 1.29 is 28.3 Å². The number of rotatable bonds is 8. The lowest BCUT2D eigenvalue weighted by Gasteiger charge is -2.18. The van der Waals surface area contributed by atoms with Crippen LogP contribution in [-0.2, 0) is 11.3 Å². The van der Waals surface area contributed by atoms with Crippen molar-refractivity contribution in [1.29, 1.82) is 0 Å². The Morgan fingerprint density at radius 1 is 0.969 bits per heavy atom. The monoisotopic (exact) mass is 439 g/mol. The molecule has 1 aromatic heterocycles. The molecule has 1 saturated heterocycles. The molecule has 0 radical (unpaired) electrons.